The molecule has 0 bridgehead atoms. The molecule has 0 amide bonds. The number of allylic oxidation sites excluding steroid dienone is 4. The lowest BCUT2D eigenvalue weighted by Crippen LogP contribution is -2.36. The van der Waals surface area contributed by atoms with Crippen LogP contribution in [0.5, 0.6) is 0 Å². The minimum atomic E-state index is -1.28. The van der Waals surface area contributed by atoms with Gasteiger partial charge in [0.2, 0.25) is 0 Å². The van der Waals surface area contributed by atoms with Crippen LogP contribution >= 0.6 is 0 Å². The van der Waals surface area contributed by atoms with Gasteiger partial charge in [0.15, 0.2) is 0 Å². The molecule has 1 unspecified atom stereocenters. The van der Waals surface area contributed by atoms with Gasteiger partial charge in [-0.2, -0.15) is 0 Å². The molecule has 47 heavy (non-hydrogen) atoms. The molecule has 256 valence electrons. The van der Waals surface area contributed by atoms with Crippen LogP contribution < -0.4 is 5.32 Å². The third-order valence-electron chi connectivity index (χ3n) is 10.5. The number of hydrogen-bond acceptors (Lipinski definition) is 8. The molecule has 11 heteroatoms. The van der Waals surface area contributed by atoms with Crippen LogP contribution in [-0.2, 0) is 9.53 Å². The van der Waals surface area contributed by atoms with Crippen molar-refractivity contribution in [2.75, 3.05) is 18.4 Å². The van der Waals surface area contributed by atoms with Crippen LogP contribution in [0.4, 0.5) is 17.1 Å². The third-order valence-corrected chi connectivity index (χ3v) is 10.5. The average molecular weight is 652 g/mol. The highest BCUT2D eigenvalue weighted by atomic mass is 16.6. The number of carbonyl (C=O) groups excluding carboxylic acids is 1. The highest BCUT2D eigenvalue weighted by Gasteiger charge is 2.50. The van der Waals surface area contributed by atoms with E-state index in [-0.39, 0.29) is 22.5 Å². The molecule has 0 radical (unpaired) electrons. The Morgan fingerprint density at radius 1 is 1.32 bits per heavy atom. The highest BCUT2D eigenvalue weighted by Crippen LogP contribution is 2.60. The number of azide groups is 1. The lowest BCUT2D eigenvalue weighted by atomic mass is 9.60. The Hall–Kier alpha value is -3.66. The summed E-state index contributed by atoms with van der Waals surface area (Å²) in [5.74, 6) is 1.03. The van der Waals surface area contributed by atoms with Crippen LogP contribution in [0.2, 0.25) is 0 Å². The number of nitro groups is 1. The number of fused-ring (bicyclic) bond motifs is 1. The van der Waals surface area contributed by atoms with Crippen molar-refractivity contribution in [1.82, 2.24) is 0 Å². The van der Waals surface area contributed by atoms with Gasteiger partial charge in [-0.3, -0.25) is 14.9 Å². The predicted octanol–water partition coefficient (Wildman–Crippen LogP) is 8.61. The van der Waals surface area contributed by atoms with E-state index in [2.05, 4.69) is 41.3 Å². The summed E-state index contributed by atoms with van der Waals surface area (Å²) in [6, 6.07) is 3.84. The van der Waals surface area contributed by atoms with Crippen molar-refractivity contribution in [2.45, 2.75) is 110 Å². The SMILES string of the molecule is [3H]C(\C=C1/CC[C@H](O)C/C1=C/C=C1\CCC[C@]2(C)[C@@H]([C@H](C)CCCC(C)(C)O)CC[C@@H]12)OC(=O)CNc1ccc(N=[N+]=[N-])cc1[N+](=O)[O-]. The Morgan fingerprint density at radius 2 is 2.11 bits per heavy atom. The number of rotatable bonds is 13. The van der Waals surface area contributed by atoms with Crippen LogP contribution in [0.3, 0.4) is 0 Å². The van der Waals surface area contributed by atoms with Crippen LogP contribution in [-0.4, -0.2) is 45.9 Å². The van der Waals surface area contributed by atoms with Gasteiger partial charge in [0.25, 0.3) is 5.69 Å². The van der Waals surface area contributed by atoms with Crippen molar-refractivity contribution in [3.63, 3.8) is 0 Å². The number of aliphatic hydroxyl groups is 2. The zero-order valence-corrected chi connectivity index (χ0v) is 28.2. The van der Waals surface area contributed by atoms with Gasteiger partial charge in [-0.05, 0) is 124 Å². The molecule has 3 N–H and O–H groups in total. The van der Waals surface area contributed by atoms with E-state index in [9.17, 15) is 25.1 Å². The summed E-state index contributed by atoms with van der Waals surface area (Å²) in [7, 11) is 0. The van der Waals surface area contributed by atoms with Crippen molar-refractivity contribution in [3.05, 3.63) is 73.7 Å². The molecule has 1 aromatic carbocycles. The van der Waals surface area contributed by atoms with Gasteiger partial charge in [0.05, 0.1) is 18.0 Å². The summed E-state index contributed by atoms with van der Waals surface area (Å²) in [4.78, 5) is 26.0. The van der Waals surface area contributed by atoms with Gasteiger partial charge in [-0.1, -0.05) is 55.6 Å². The van der Waals surface area contributed by atoms with Gasteiger partial charge in [-0.25, -0.2) is 0 Å². The maximum Gasteiger partial charge on any atom is 0.325 e. The summed E-state index contributed by atoms with van der Waals surface area (Å²) < 4.78 is 13.7. The molecule has 4 rings (SSSR count). The van der Waals surface area contributed by atoms with Crippen LogP contribution in [0.1, 0.15) is 99.7 Å². The number of nitrogens with zero attached hydrogens (tertiary/aromatic N) is 4. The largest absolute Gasteiger partial charge is 0.460 e. The first-order chi connectivity index (χ1) is 22.7. The topological polar surface area (TPSA) is 171 Å². The second-order valence-corrected chi connectivity index (χ2v) is 14.4. The molecule has 3 fully saturated rings. The predicted molar refractivity (Wildman–Crippen MR) is 183 cm³/mol. The molecule has 1 aromatic rings. The van der Waals surface area contributed by atoms with E-state index in [1.54, 1.807) is 6.08 Å². The lowest BCUT2D eigenvalue weighted by molar-refractivity contribution is -0.383. The monoisotopic (exact) mass is 651 g/mol. The molecule has 0 heterocycles. The van der Waals surface area contributed by atoms with Crippen LogP contribution in [0.15, 0.2) is 58.3 Å². The smallest absolute Gasteiger partial charge is 0.325 e. The quantitative estimate of drug-likeness (QED) is 0.0478. The van der Waals surface area contributed by atoms with Crippen molar-refractivity contribution in [3.8, 4) is 0 Å². The third kappa shape index (κ3) is 9.69. The Labute approximate surface area is 279 Å². The average Bonchev–Trinajstić information content (AvgIpc) is 3.37. The normalized spacial score (nSPS) is 28.7. The minimum Gasteiger partial charge on any atom is -0.460 e. The van der Waals surface area contributed by atoms with Gasteiger partial charge >= 0.3 is 5.97 Å². The summed E-state index contributed by atoms with van der Waals surface area (Å²) in [5, 5.41) is 38.1. The minimum absolute atomic E-state index is 0.0563. The molecule has 6 atom stereocenters. The molecule has 3 saturated carbocycles. The fourth-order valence-corrected chi connectivity index (χ4v) is 8.15. The standard InChI is InChI=1S/C36H51N5O6/c1-24(7-5-18-35(2,3)44)30-14-15-31-26(8-6-19-36(30,31)4)9-10-27-21-29(42)13-11-25(27)17-20-47-34(43)23-38-32-16-12-28(39-40-37)22-33(32)41(45)46/h9-10,12,16-17,22,24,29-31,38,42,44H,5-8,11,13-15,18-21,23H2,1-4H3/b25-17+,26-9+,27-10-/t24-,29+,30-,31+,36-/m1/s1/i20T/t20?,24-,29+,30-,31+,36-. The van der Waals surface area contributed by atoms with Gasteiger partial charge in [0.1, 0.15) is 18.8 Å². The first kappa shape index (κ1) is 34.7. The number of nitrogens with one attached hydrogen (secondary N) is 1. The molecule has 0 aliphatic heterocycles. The van der Waals surface area contributed by atoms with Crippen molar-refractivity contribution in [2.24, 2.45) is 28.3 Å². The van der Waals surface area contributed by atoms with E-state index < -0.39 is 35.7 Å². The Bertz CT molecular complexity index is 1480. The number of carbonyl (C=O) groups is 1. The second-order valence-electron chi connectivity index (χ2n) is 14.4. The first-order valence-electron chi connectivity index (χ1n) is 17.5. The summed E-state index contributed by atoms with van der Waals surface area (Å²) >= 11 is 0. The first-order valence-corrected chi connectivity index (χ1v) is 16.9. The van der Waals surface area contributed by atoms with Gasteiger partial charge in [-0.15, -0.1) is 0 Å². The summed E-state index contributed by atoms with van der Waals surface area (Å²) in [6.45, 7) is 6.95. The lowest BCUT2D eigenvalue weighted by Gasteiger charge is -2.44. The van der Waals surface area contributed by atoms with Crippen molar-refractivity contribution < 1.29 is 26.0 Å². The van der Waals surface area contributed by atoms with E-state index in [4.69, 9.17) is 11.6 Å². The van der Waals surface area contributed by atoms with E-state index >= 15 is 0 Å². The molecule has 11 nitrogen and oxygen atoms in total. The summed E-state index contributed by atoms with van der Waals surface area (Å²) in [5.41, 5.74) is 11.3. The molecular formula is C36H51N5O6. The molecule has 0 saturated heterocycles. The highest BCUT2D eigenvalue weighted by molar-refractivity contribution is 5.77. The van der Waals surface area contributed by atoms with E-state index in [0.29, 0.717) is 37.0 Å². The van der Waals surface area contributed by atoms with E-state index in [0.717, 1.165) is 49.3 Å². The number of benzene rings is 1. The maximum absolute atomic E-state index is 12.6. The zero-order valence-electron chi connectivity index (χ0n) is 29.2. The van der Waals surface area contributed by atoms with Crippen LogP contribution in [0, 0.1) is 33.3 Å². The molecule has 3 aliphatic rings. The number of aliphatic hydroxyl groups excluding tert-OH is 1. The Morgan fingerprint density at radius 3 is 2.83 bits per heavy atom. The van der Waals surface area contributed by atoms with Crippen LogP contribution in [0.25, 0.3) is 10.4 Å². The van der Waals surface area contributed by atoms with Gasteiger partial charge < -0.3 is 20.3 Å². The number of esters is 1. The fourth-order valence-electron chi connectivity index (χ4n) is 8.15. The number of nitro benzene ring substituents is 1. The zero-order chi connectivity index (χ0) is 35.1. The summed E-state index contributed by atoms with van der Waals surface area (Å²) in [6.07, 6.45) is 15.9. The van der Waals surface area contributed by atoms with E-state index in [1.807, 2.05) is 13.8 Å². The van der Waals surface area contributed by atoms with Crippen molar-refractivity contribution in [1.29, 1.82) is 0 Å². The molecule has 3 aliphatic carbocycles. The Kier molecular flexibility index (Phi) is 11.8. The molecular weight excluding hydrogens is 598 g/mol. The fraction of sp³-hybridized carbons (Fsp3) is 0.639. The number of anilines is 1. The number of hydrogen-bond donors (Lipinski definition) is 3. The molecule has 0 spiro atoms. The maximum atomic E-state index is 12.6. The number of ether oxygens (including phenoxy) is 1. The molecule has 0 aromatic heterocycles. The second kappa shape index (κ2) is 16.0. The van der Waals surface area contributed by atoms with Crippen molar-refractivity contribution >= 4 is 23.0 Å². The Balaban J connectivity index is 1.41. The van der Waals surface area contributed by atoms with Gasteiger partial charge in [0, 0.05) is 16.7 Å². The van der Waals surface area contributed by atoms with E-state index in [1.165, 1.54) is 37.0 Å².